The van der Waals surface area contributed by atoms with Crippen molar-refractivity contribution < 1.29 is 9.59 Å². The smallest absolute Gasteiger partial charge is 0.257 e. The van der Waals surface area contributed by atoms with Crippen molar-refractivity contribution in [2.24, 2.45) is 7.05 Å². The molecule has 0 saturated carbocycles. The Morgan fingerprint density at radius 2 is 1.82 bits per heavy atom. The standard InChI is InChI=1S/C25H26N6O2/c1-28-13-19(11-27-28)25(33)31-21-9-22(31)15-30(14-21)20-8-18(10-26-12-20)16-3-5-23-17(7-16)4-6-24(32)29(23)2/h3,5,7-8,10-13,21-22H,4,6,9,14-15H2,1-2H3. The van der Waals surface area contributed by atoms with Crippen LogP contribution in [0, 0.1) is 0 Å². The van der Waals surface area contributed by atoms with Gasteiger partial charge in [0.1, 0.15) is 0 Å². The number of amides is 2. The first-order valence-electron chi connectivity index (χ1n) is 11.4. The van der Waals surface area contributed by atoms with Crippen LogP contribution in [0.25, 0.3) is 11.1 Å². The molecule has 6 heterocycles. The number of rotatable bonds is 3. The number of piperidine rings is 1. The molecule has 2 amide bonds. The number of nitrogens with zero attached hydrogens (tertiary/aromatic N) is 6. The van der Waals surface area contributed by atoms with Gasteiger partial charge in [0.15, 0.2) is 0 Å². The third-order valence-corrected chi connectivity index (χ3v) is 7.22. The lowest BCUT2D eigenvalue weighted by Crippen LogP contribution is -2.70. The van der Waals surface area contributed by atoms with Gasteiger partial charge in [-0.1, -0.05) is 6.07 Å². The Morgan fingerprint density at radius 3 is 2.58 bits per heavy atom. The van der Waals surface area contributed by atoms with Gasteiger partial charge in [-0.2, -0.15) is 5.10 Å². The van der Waals surface area contributed by atoms with Gasteiger partial charge >= 0.3 is 0 Å². The molecule has 4 aliphatic heterocycles. The van der Waals surface area contributed by atoms with Gasteiger partial charge in [-0.15, -0.1) is 0 Å². The molecule has 1 aromatic carbocycles. The molecule has 33 heavy (non-hydrogen) atoms. The highest BCUT2D eigenvalue weighted by molar-refractivity contribution is 5.96. The van der Waals surface area contributed by atoms with Crippen molar-refractivity contribution in [3.05, 3.63) is 60.2 Å². The Morgan fingerprint density at radius 1 is 1.00 bits per heavy atom. The number of hydrogen-bond donors (Lipinski definition) is 0. The molecular weight excluding hydrogens is 416 g/mol. The minimum absolute atomic E-state index is 0.0772. The minimum atomic E-state index is 0.0772. The van der Waals surface area contributed by atoms with Crippen molar-refractivity contribution in [2.45, 2.75) is 31.3 Å². The molecule has 3 aromatic rings. The number of aromatic nitrogens is 3. The Labute approximate surface area is 192 Å². The summed E-state index contributed by atoms with van der Waals surface area (Å²) >= 11 is 0. The van der Waals surface area contributed by atoms with Crippen LogP contribution < -0.4 is 9.80 Å². The number of carbonyl (C=O) groups excluding carboxylic acids is 2. The molecular formula is C25H26N6O2. The highest BCUT2D eigenvalue weighted by Gasteiger charge is 2.47. The average molecular weight is 443 g/mol. The summed E-state index contributed by atoms with van der Waals surface area (Å²) in [7, 11) is 3.67. The van der Waals surface area contributed by atoms with Crippen molar-refractivity contribution in [3.8, 4) is 11.1 Å². The summed E-state index contributed by atoms with van der Waals surface area (Å²) in [6.07, 6.45) is 9.61. The number of fused-ring (bicyclic) bond motifs is 3. The molecule has 2 bridgehead atoms. The number of piperazine rings is 1. The molecule has 2 atom stereocenters. The first-order valence-corrected chi connectivity index (χ1v) is 11.4. The zero-order chi connectivity index (χ0) is 22.7. The lowest BCUT2D eigenvalue weighted by molar-refractivity contribution is -0.118. The van der Waals surface area contributed by atoms with Crippen LogP contribution >= 0.6 is 0 Å². The van der Waals surface area contributed by atoms with Crippen LogP contribution in [0.2, 0.25) is 0 Å². The van der Waals surface area contributed by atoms with E-state index in [9.17, 15) is 9.59 Å². The first kappa shape index (κ1) is 20.0. The number of aryl methyl sites for hydroxylation is 2. The van der Waals surface area contributed by atoms with Crippen LogP contribution in [0.5, 0.6) is 0 Å². The van der Waals surface area contributed by atoms with E-state index < -0.39 is 0 Å². The third-order valence-electron chi connectivity index (χ3n) is 7.22. The SMILES string of the molecule is CN1C(=O)CCc2cc(-c3cncc(N4CC5CC(C4)N5C(=O)c4cnn(C)c4)c3)ccc21. The van der Waals surface area contributed by atoms with Crippen molar-refractivity contribution in [1.82, 2.24) is 19.7 Å². The fourth-order valence-corrected chi connectivity index (χ4v) is 5.43. The number of anilines is 2. The maximum Gasteiger partial charge on any atom is 0.257 e. The van der Waals surface area contributed by atoms with Crippen molar-refractivity contribution in [3.63, 3.8) is 0 Å². The van der Waals surface area contributed by atoms with E-state index in [1.54, 1.807) is 22.0 Å². The first-order chi connectivity index (χ1) is 16.0. The number of benzene rings is 1. The fourth-order valence-electron chi connectivity index (χ4n) is 5.43. The van der Waals surface area contributed by atoms with Crippen LogP contribution in [0.1, 0.15) is 28.8 Å². The zero-order valence-electron chi connectivity index (χ0n) is 18.8. The van der Waals surface area contributed by atoms with Crippen LogP contribution in [-0.4, -0.2) is 63.7 Å². The predicted octanol–water partition coefficient (Wildman–Crippen LogP) is 2.49. The largest absolute Gasteiger partial charge is 0.366 e. The monoisotopic (exact) mass is 442 g/mol. The Balaban J connectivity index is 1.21. The third kappa shape index (κ3) is 3.28. The Kier molecular flexibility index (Phi) is 4.50. The molecule has 168 valence electrons. The summed E-state index contributed by atoms with van der Waals surface area (Å²) < 4.78 is 1.67. The summed E-state index contributed by atoms with van der Waals surface area (Å²) in [5.41, 5.74) is 6.11. The summed E-state index contributed by atoms with van der Waals surface area (Å²) in [6.45, 7) is 1.62. The number of hydrogen-bond acceptors (Lipinski definition) is 5. The molecule has 0 N–H and O–H groups in total. The second-order valence-corrected chi connectivity index (χ2v) is 9.29. The van der Waals surface area contributed by atoms with E-state index in [2.05, 4.69) is 33.2 Å². The van der Waals surface area contributed by atoms with Gasteiger partial charge < -0.3 is 14.7 Å². The van der Waals surface area contributed by atoms with Gasteiger partial charge in [0.05, 0.1) is 35.7 Å². The molecule has 8 heteroatoms. The summed E-state index contributed by atoms with van der Waals surface area (Å²) in [5.74, 6) is 0.243. The van der Waals surface area contributed by atoms with E-state index in [0.717, 1.165) is 48.4 Å². The second-order valence-electron chi connectivity index (χ2n) is 9.29. The Bertz CT molecular complexity index is 1260. The van der Waals surface area contributed by atoms with E-state index in [1.165, 1.54) is 5.56 Å². The van der Waals surface area contributed by atoms with E-state index >= 15 is 0 Å². The van der Waals surface area contributed by atoms with Crippen LogP contribution in [-0.2, 0) is 18.3 Å². The molecule has 3 fully saturated rings. The van der Waals surface area contributed by atoms with Gasteiger partial charge in [0, 0.05) is 57.3 Å². The summed E-state index contributed by atoms with van der Waals surface area (Å²) in [4.78, 5) is 35.5. The predicted molar refractivity (Wildman–Crippen MR) is 125 cm³/mol. The van der Waals surface area contributed by atoms with Crippen LogP contribution in [0.15, 0.2) is 49.1 Å². The van der Waals surface area contributed by atoms with E-state index in [-0.39, 0.29) is 23.9 Å². The van der Waals surface area contributed by atoms with Crippen molar-refractivity contribution in [1.29, 1.82) is 0 Å². The molecule has 3 saturated heterocycles. The van der Waals surface area contributed by atoms with Gasteiger partial charge in [-0.3, -0.25) is 19.3 Å². The summed E-state index contributed by atoms with van der Waals surface area (Å²) in [5, 5.41) is 4.14. The minimum Gasteiger partial charge on any atom is -0.366 e. The van der Waals surface area contributed by atoms with Crippen LogP contribution in [0.3, 0.4) is 0 Å². The number of pyridine rings is 1. The average Bonchev–Trinajstić information content (AvgIpc) is 3.28. The normalized spacial score (nSPS) is 21.6. The van der Waals surface area contributed by atoms with Gasteiger partial charge in [0.2, 0.25) is 5.91 Å². The van der Waals surface area contributed by atoms with Gasteiger partial charge in [0.25, 0.3) is 5.91 Å². The molecule has 0 spiro atoms. The van der Waals surface area contributed by atoms with Gasteiger partial charge in [-0.25, -0.2) is 0 Å². The molecule has 0 aliphatic carbocycles. The summed E-state index contributed by atoms with van der Waals surface area (Å²) in [6, 6.07) is 8.91. The lowest BCUT2D eigenvalue weighted by Gasteiger charge is -2.56. The molecule has 8 nitrogen and oxygen atoms in total. The second kappa shape index (κ2) is 7.43. The van der Waals surface area contributed by atoms with E-state index in [4.69, 9.17) is 0 Å². The molecule has 4 aliphatic rings. The van der Waals surface area contributed by atoms with Gasteiger partial charge in [-0.05, 0) is 42.2 Å². The maximum absolute atomic E-state index is 12.9. The molecule has 2 aromatic heterocycles. The lowest BCUT2D eigenvalue weighted by atomic mass is 9.86. The molecule has 2 unspecified atom stereocenters. The van der Waals surface area contributed by atoms with Crippen molar-refractivity contribution in [2.75, 3.05) is 29.9 Å². The zero-order valence-corrected chi connectivity index (χ0v) is 18.8. The fraction of sp³-hybridized carbons (Fsp3) is 0.360. The van der Waals surface area contributed by atoms with E-state index in [0.29, 0.717) is 12.0 Å². The van der Waals surface area contributed by atoms with E-state index in [1.807, 2.05) is 37.5 Å². The number of carbonyl (C=O) groups is 2. The van der Waals surface area contributed by atoms with Crippen molar-refractivity contribution >= 4 is 23.2 Å². The topological polar surface area (TPSA) is 74.6 Å². The van der Waals surface area contributed by atoms with Crippen LogP contribution in [0.4, 0.5) is 11.4 Å². The molecule has 7 rings (SSSR count). The maximum atomic E-state index is 12.9. The quantitative estimate of drug-likeness (QED) is 0.623. The highest BCUT2D eigenvalue weighted by Crippen LogP contribution is 2.37. The molecule has 0 radical (unpaired) electrons. The highest BCUT2D eigenvalue weighted by atomic mass is 16.2. The Hall–Kier alpha value is -3.68.